The van der Waals surface area contributed by atoms with E-state index in [2.05, 4.69) is 6.07 Å². The average molecular weight is 225 g/mol. The minimum absolute atomic E-state index is 0.0835. The molecule has 1 aromatic carbocycles. The molecule has 1 aliphatic carbocycles. The number of halogens is 3. The Bertz CT molecular complexity index is 458. The van der Waals surface area contributed by atoms with E-state index in [1.54, 1.807) is 0 Å². The van der Waals surface area contributed by atoms with Gasteiger partial charge in [-0.05, 0) is 30.9 Å². The first-order chi connectivity index (χ1) is 7.56. The van der Waals surface area contributed by atoms with Crippen molar-refractivity contribution in [3.05, 3.63) is 35.1 Å². The summed E-state index contributed by atoms with van der Waals surface area (Å²) in [6.07, 6.45) is 2.48. The van der Waals surface area contributed by atoms with E-state index in [1.165, 1.54) is 0 Å². The van der Waals surface area contributed by atoms with Crippen LogP contribution in [0.1, 0.15) is 24.8 Å². The van der Waals surface area contributed by atoms with Crippen LogP contribution in [0.15, 0.2) is 12.1 Å². The zero-order valence-electron chi connectivity index (χ0n) is 8.56. The lowest BCUT2D eigenvalue weighted by molar-refractivity contribution is 0.211. The molecular weight excluding hydrogens is 215 g/mol. The molecule has 0 N–H and O–H groups in total. The Balaban J connectivity index is 2.28. The maximum atomic E-state index is 13.3. The van der Waals surface area contributed by atoms with Crippen LogP contribution in [0.3, 0.4) is 0 Å². The molecule has 16 heavy (non-hydrogen) atoms. The van der Waals surface area contributed by atoms with Gasteiger partial charge in [0.2, 0.25) is 0 Å². The molecule has 0 bridgehead atoms. The van der Waals surface area contributed by atoms with Crippen molar-refractivity contribution in [3.63, 3.8) is 0 Å². The Morgan fingerprint density at radius 3 is 2.25 bits per heavy atom. The Morgan fingerprint density at radius 2 is 1.75 bits per heavy atom. The lowest BCUT2D eigenvalue weighted by Crippen LogP contribution is -2.30. The van der Waals surface area contributed by atoms with Gasteiger partial charge in [0.15, 0.2) is 11.6 Å². The van der Waals surface area contributed by atoms with Gasteiger partial charge in [0.25, 0.3) is 0 Å². The van der Waals surface area contributed by atoms with Gasteiger partial charge in [-0.1, -0.05) is 6.42 Å². The highest BCUT2D eigenvalue weighted by Gasteiger charge is 2.38. The molecule has 84 valence electrons. The molecule has 2 rings (SSSR count). The molecule has 0 radical (unpaired) electrons. The molecule has 1 aromatic rings. The second kappa shape index (κ2) is 3.82. The van der Waals surface area contributed by atoms with E-state index in [0.717, 1.165) is 12.5 Å². The molecule has 0 atom stereocenters. The molecule has 1 nitrogen and oxygen atoms in total. The van der Waals surface area contributed by atoms with Crippen molar-refractivity contribution < 1.29 is 13.2 Å². The SMILES string of the molecule is N#CC1(Cc2cc(F)c(F)cc2F)CCC1. The Kier molecular flexibility index (Phi) is 2.63. The number of nitriles is 1. The zero-order chi connectivity index (χ0) is 11.8. The molecule has 0 amide bonds. The maximum Gasteiger partial charge on any atom is 0.161 e. The van der Waals surface area contributed by atoms with Gasteiger partial charge in [-0.3, -0.25) is 0 Å². The first-order valence-electron chi connectivity index (χ1n) is 5.11. The van der Waals surface area contributed by atoms with Crippen molar-refractivity contribution >= 4 is 0 Å². The minimum atomic E-state index is -1.19. The topological polar surface area (TPSA) is 23.8 Å². The largest absolute Gasteiger partial charge is 0.207 e. The maximum absolute atomic E-state index is 13.3. The summed E-state index contributed by atoms with van der Waals surface area (Å²) in [7, 11) is 0. The highest BCUT2D eigenvalue weighted by molar-refractivity contribution is 5.24. The number of nitrogens with zero attached hydrogens (tertiary/aromatic N) is 1. The molecule has 0 unspecified atom stereocenters. The van der Waals surface area contributed by atoms with Crippen LogP contribution < -0.4 is 0 Å². The number of hydrogen-bond donors (Lipinski definition) is 0. The first kappa shape index (κ1) is 11.0. The summed E-state index contributed by atoms with van der Waals surface area (Å²) in [5.41, 5.74) is -0.495. The molecule has 4 heteroatoms. The molecule has 0 aliphatic heterocycles. The summed E-state index contributed by atoms with van der Waals surface area (Å²) in [5, 5.41) is 8.97. The summed E-state index contributed by atoms with van der Waals surface area (Å²) in [5.74, 6) is -3.04. The van der Waals surface area contributed by atoms with Crippen molar-refractivity contribution in [1.29, 1.82) is 5.26 Å². The van der Waals surface area contributed by atoms with E-state index < -0.39 is 22.9 Å². The monoisotopic (exact) mass is 225 g/mol. The molecule has 1 saturated carbocycles. The molecule has 0 aromatic heterocycles. The predicted molar refractivity (Wildman–Crippen MR) is 51.9 cm³/mol. The number of benzene rings is 1. The van der Waals surface area contributed by atoms with Gasteiger partial charge >= 0.3 is 0 Å². The van der Waals surface area contributed by atoms with Crippen LogP contribution in [0.5, 0.6) is 0 Å². The van der Waals surface area contributed by atoms with Gasteiger partial charge in [-0.15, -0.1) is 0 Å². The summed E-state index contributed by atoms with van der Waals surface area (Å²) in [4.78, 5) is 0. The molecule has 0 saturated heterocycles. The second-order valence-electron chi connectivity index (χ2n) is 4.28. The zero-order valence-corrected chi connectivity index (χ0v) is 8.56. The van der Waals surface area contributed by atoms with Gasteiger partial charge in [-0.2, -0.15) is 5.26 Å². The van der Waals surface area contributed by atoms with Crippen LogP contribution >= 0.6 is 0 Å². The third-order valence-corrected chi connectivity index (χ3v) is 3.17. The van der Waals surface area contributed by atoms with E-state index in [0.29, 0.717) is 18.9 Å². The molecular formula is C12H10F3N. The summed E-state index contributed by atoms with van der Waals surface area (Å²) in [6.45, 7) is 0. The Labute approximate surface area is 91.5 Å². The van der Waals surface area contributed by atoms with Crippen LogP contribution in [0.25, 0.3) is 0 Å². The molecule has 1 fully saturated rings. The van der Waals surface area contributed by atoms with E-state index in [4.69, 9.17) is 5.26 Å². The first-order valence-corrected chi connectivity index (χ1v) is 5.11. The molecule has 1 aliphatic rings. The molecule has 0 spiro atoms. The van der Waals surface area contributed by atoms with Gasteiger partial charge in [0, 0.05) is 6.07 Å². The summed E-state index contributed by atoms with van der Waals surface area (Å²) >= 11 is 0. The second-order valence-corrected chi connectivity index (χ2v) is 4.28. The third-order valence-electron chi connectivity index (χ3n) is 3.17. The highest BCUT2D eigenvalue weighted by Crippen LogP contribution is 2.43. The van der Waals surface area contributed by atoms with E-state index in [1.807, 2.05) is 0 Å². The van der Waals surface area contributed by atoms with Crippen molar-refractivity contribution in [3.8, 4) is 6.07 Å². The summed E-state index contributed by atoms with van der Waals surface area (Å²) < 4.78 is 39.0. The van der Waals surface area contributed by atoms with Gasteiger partial charge in [-0.25, -0.2) is 13.2 Å². The lowest BCUT2D eigenvalue weighted by atomic mass is 9.66. The number of rotatable bonds is 2. The standard InChI is InChI=1S/C12H10F3N/c13-9-5-11(15)10(14)4-8(9)6-12(7-16)2-1-3-12/h4-5H,1-3,6H2. The van der Waals surface area contributed by atoms with Crippen LogP contribution in [0.4, 0.5) is 13.2 Å². The summed E-state index contributed by atoms with van der Waals surface area (Å²) in [6, 6.07) is 3.53. The van der Waals surface area contributed by atoms with Crippen LogP contribution in [-0.4, -0.2) is 0 Å². The average Bonchev–Trinajstić information content (AvgIpc) is 2.19. The quantitative estimate of drug-likeness (QED) is 0.708. The van der Waals surface area contributed by atoms with Gasteiger partial charge in [0.05, 0.1) is 11.5 Å². The smallest absolute Gasteiger partial charge is 0.161 e. The normalized spacial score (nSPS) is 17.6. The van der Waals surface area contributed by atoms with Gasteiger partial charge in [0.1, 0.15) is 5.82 Å². The van der Waals surface area contributed by atoms with Crippen molar-refractivity contribution in [1.82, 2.24) is 0 Å². The van der Waals surface area contributed by atoms with Crippen LogP contribution in [-0.2, 0) is 6.42 Å². The minimum Gasteiger partial charge on any atom is -0.207 e. The van der Waals surface area contributed by atoms with E-state index in [9.17, 15) is 13.2 Å². The number of hydrogen-bond acceptors (Lipinski definition) is 1. The third kappa shape index (κ3) is 1.78. The van der Waals surface area contributed by atoms with Crippen molar-refractivity contribution in [2.75, 3.05) is 0 Å². The Hall–Kier alpha value is -1.50. The van der Waals surface area contributed by atoms with Crippen molar-refractivity contribution in [2.24, 2.45) is 5.41 Å². The van der Waals surface area contributed by atoms with Crippen molar-refractivity contribution in [2.45, 2.75) is 25.7 Å². The fourth-order valence-corrected chi connectivity index (χ4v) is 2.00. The predicted octanol–water partition coefficient (Wildman–Crippen LogP) is 3.34. The highest BCUT2D eigenvalue weighted by atomic mass is 19.2. The fourth-order valence-electron chi connectivity index (χ4n) is 2.00. The van der Waals surface area contributed by atoms with Crippen LogP contribution in [0, 0.1) is 34.2 Å². The van der Waals surface area contributed by atoms with E-state index >= 15 is 0 Å². The lowest BCUT2D eigenvalue weighted by Gasteiger charge is -2.35. The fraction of sp³-hybridized carbons (Fsp3) is 0.417. The van der Waals surface area contributed by atoms with E-state index in [-0.39, 0.29) is 12.0 Å². The van der Waals surface area contributed by atoms with Crippen LogP contribution in [0.2, 0.25) is 0 Å². The Morgan fingerprint density at radius 1 is 1.12 bits per heavy atom. The van der Waals surface area contributed by atoms with Gasteiger partial charge < -0.3 is 0 Å². The molecule has 0 heterocycles.